The molecule has 1 heterocycles. The monoisotopic (exact) mass is 194 g/mol. The van der Waals surface area contributed by atoms with Crippen LogP contribution in [0.4, 0.5) is 0 Å². The van der Waals surface area contributed by atoms with E-state index < -0.39 is 0 Å². The molecule has 2 nitrogen and oxygen atoms in total. The van der Waals surface area contributed by atoms with E-state index in [4.69, 9.17) is 11.6 Å². The van der Waals surface area contributed by atoms with Gasteiger partial charge in [-0.25, -0.2) is 0 Å². The van der Waals surface area contributed by atoms with Crippen LogP contribution >= 0.6 is 11.6 Å². The molecular weight excluding hydrogens is 184 g/mol. The highest BCUT2D eigenvalue weighted by Crippen LogP contribution is 2.08. The van der Waals surface area contributed by atoms with E-state index in [0.717, 1.165) is 5.02 Å². The molecule has 0 fully saturated rings. The number of hydrogen-bond acceptors (Lipinski definition) is 1. The molecule has 0 saturated heterocycles. The fourth-order valence-corrected chi connectivity index (χ4v) is 1.07. The second kappa shape index (κ2) is 5.38. The molecule has 1 aromatic heterocycles. The minimum atomic E-state index is 0.810. The summed E-state index contributed by atoms with van der Waals surface area (Å²) in [5.74, 6) is 0. The Labute approximate surface area is 82.6 Å². The molecule has 68 valence electrons. The number of aryl methyl sites for hydroxylation is 1. The zero-order valence-corrected chi connectivity index (χ0v) is 8.12. The molecule has 2 rings (SSSR count). The van der Waals surface area contributed by atoms with Crippen molar-refractivity contribution in [1.29, 1.82) is 0 Å². The van der Waals surface area contributed by atoms with Crippen molar-refractivity contribution in [1.82, 2.24) is 10.2 Å². The van der Waals surface area contributed by atoms with Crippen LogP contribution in [-0.2, 0) is 0 Å². The highest BCUT2D eigenvalue weighted by molar-refractivity contribution is 6.30. The molecule has 0 saturated carbocycles. The van der Waals surface area contributed by atoms with Crippen LogP contribution in [0.15, 0.2) is 42.7 Å². The fraction of sp³-hybridized carbons (Fsp3) is 0.100. The van der Waals surface area contributed by atoms with E-state index in [1.807, 2.05) is 37.3 Å². The molecule has 3 heteroatoms. The Balaban J connectivity index is 0.000000145. The number of hydrogen-bond donors (Lipinski definition) is 1. The summed E-state index contributed by atoms with van der Waals surface area (Å²) in [6.07, 6.45) is 3.46. The number of nitrogens with zero attached hydrogens (tertiary/aromatic N) is 1. The summed E-state index contributed by atoms with van der Waals surface area (Å²) in [4.78, 5) is 0. The summed E-state index contributed by atoms with van der Waals surface area (Å²) in [6, 6.07) is 9.60. The Morgan fingerprint density at radius 1 is 1.31 bits per heavy atom. The van der Waals surface area contributed by atoms with E-state index in [9.17, 15) is 0 Å². The third-order valence-electron chi connectivity index (χ3n) is 1.39. The van der Waals surface area contributed by atoms with E-state index in [-0.39, 0.29) is 0 Å². The van der Waals surface area contributed by atoms with Gasteiger partial charge in [-0.1, -0.05) is 23.7 Å². The quantitative estimate of drug-likeness (QED) is 0.686. The Morgan fingerprint density at radius 3 is 2.46 bits per heavy atom. The fourth-order valence-electron chi connectivity index (χ4n) is 0.821. The molecule has 0 atom stereocenters. The molecular formula is C10H11ClN2. The highest BCUT2D eigenvalue weighted by atomic mass is 35.5. The predicted molar refractivity (Wildman–Crippen MR) is 54.8 cm³/mol. The van der Waals surface area contributed by atoms with Crippen molar-refractivity contribution in [3.05, 3.63) is 53.3 Å². The summed E-state index contributed by atoms with van der Waals surface area (Å²) in [7, 11) is 0. The van der Waals surface area contributed by atoms with Crippen molar-refractivity contribution >= 4 is 11.6 Å². The molecule has 0 radical (unpaired) electrons. The zero-order chi connectivity index (χ0) is 9.52. The topological polar surface area (TPSA) is 28.7 Å². The molecule has 1 N–H and O–H groups in total. The third-order valence-corrected chi connectivity index (χ3v) is 1.62. The first kappa shape index (κ1) is 9.81. The van der Waals surface area contributed by atoms with Gasteiger partial charge in [0, 0.05) is 17.4 Å². The maximum Gasteiger partial charge on any atom is 0.0487 e. The van der Waals surface area contributed by atoms with Crippen molar-refractivity contribution in [2.24, 2.45) is 0 Å². The third kappa shape index (κ3) is 4.33. The van der Waals surface area contributed by atoms with Crippen molar-refractivity contribution in [2.45, 2.75) is 6.92 Å². The Kier molecular flexibility index (Phi) is 4.06. The first-order valence-corrected chi connectivity index (χ1v) is 4.33. The Hall–Kier alpha value is -1.28. The second-order valence-electron chi connectivity index (χ2n) is 2.57. The maximum atomic E-state index is 5.64. The van der Waals surface area contributed by atoms with Gasteiger partial charge >= 0.3 is 0 Å². The molecule has 13 heavy (non-hydrogen) atoms. The summed E-state index contributed by atoms with van der Waals surface area (Å²) in [6.45, 7) is 2.02. The van der Waals surface area contributed by atoms with Gasteiger partial charge in [-0.15, -0.1) is 0 Å². The van der Waals surface area contributed by atoms with E-state index >= 15 is 0 Å². The van der Waals surface area contributed by atoms with Gasteiger partial charge in [0.2, 0.25) is 0 Å². The number of nitrogens with one attached hydrogen (secondary N) is 1. The van der Waals surface area contributed by atoms with Crippen LogP contribution in [0.3, 0.4) is 0 Å². The zero-order valence-electron chi connectivity index (χ0n) is 7.37. The van der Waals surface area contributed by atoms with Crippen LogP contribution in [-0.4, -0.2) is 10.2 Å². The average Bonchev–Trinajstić information content (AvgIpc) is 2.59. The number of aromatic nitrogens is 2. The molecule has 2 aromatic rings. The lowest BCUT2D eigenvalue weighted by atomic mass is 10.2. The van der Waals surface area contributed by atoms with E-state index in [2.05, 4.69) is 10.2 Å². The Morgan fingerprint density at radius 2 is 2.15 bits per heavy atom. The summed E-state index contributed by atoms with van der Waals surface area (Å²) in [5, 5.41) is 7.02. The number of rotatable bonds is 0. The van der Waals surface area contributed by atoms with E-state index in [1.165, 1.54) is 5.56 Å². The number of aromatic amines is 1. The predicted octanol–water partition coefficient (Wildman–Crippen LogP) is 3.06. The van der Waals surface area contributed by atoms with Crippen LogP contribution in [0.1, 0.15) is 5.56 Å². The molecule has 0 spiro atoms. The normalized spacial score (nSPS) is 8.77. The number of H-pyrrole nitrogens is 1. The largest absolute Gasteiger partial charge is 0.286 e. The second-order valence-corrected chi connectivity index (χ2v) is 3.00. The highest BCUT2D eigenvalue weighted by Gasteiger charge is 1.82. The number of benzene rings is 1. The molecule has 0 unspecified atom stereocenters. The van der Waals surface area contributed by atoms with Gasteiger partial charge in [0.05, 0.1) is 0 Å². The van der Waals surface area contributed by atoms with Crippen LogP contribution < -0.4 is 0 Å². The maximum absolute atomic E-state index is 5.64. The van der Waals surface area contributed by atoms with Crippen molar-refractivity contribution in [2.75, 3.05) is 0 Å². The lowest BCUT2D eigenvalue weighted by molar-refractivity contribution is 1.09. The standard InChI is InChI=1S/C7H7Cl.C3H4N2/c1-6-3-2-4-7(8)5-6;1-2-4-5-3-1/h2-5H,1H3;1-3H,(H,4,5). The van der Waals surface area contributed by atoms with Crippen molar-refractivity contribution in [3.8, 4) is 0 Å². The van der Waals surface area contributed by atoms with Crippen molar-refractivity contribution < 1.29 is 0 Å². The SMILES string of the molecule is Cc1cccc(Cl)c1.c1cn[nH]c1. The van der Waals surface area contributed by atoms with Gasteiger partial charge in [-0.05, 0) is 30.7 Å². The smallest absolute Gasteiger partial charge is 0.0487 e. The van der Waals surface area contributed by atoms with Gasteiger partial charge in [0.1, 0.15) is 0 Å². The number of halogens is 1. The molecule has 0 aliphatic carbocycles. The Bertz CT molecular complexity index is 296. The van der Waals surface area contributed by atoms with Gasteiger partial charge in [0.15, 0.2) is 0 Å². The van der Waals surface area contributed by atoms with Crippen LogP contribution in [0.25, 0.3) is 0 Å². The molecule has 0 aliphatic rings. The van der Waals surface area contributed by atoms with Crippen LogP contribution in [0.5, 0.6) is 0 Å². The average molecular weight is 195 g/mol. The summed E-state index contributed by atoms with van der Waals surface area (Å²) in [5.41, 5.74) is 1.21. The molecule has 0 amide bonds. The van der Waals surface area contributed by atoms with Crippen LogP contribution in [0.2, 0.25) is 5.02 Å². The summed E-state index contributed by atoms with van der Waals surface area (Å²) < 4.78 is 0. The lowest BCUT2D eigenvalue weighted by Gasteiger charge is -1.88. The van der Waals surface area contributed by atoms with Gasteiger partial charge < -0.3 is 0 Å². The van der Waals surface area contributed by atoms with E-state index in [1.54, 1.807) is 12.4 Å². The van der Waals surface area contributed by atoms with Crippen LogP contribution in [0, 0.1) is 6.92 Å². The minimum Gasteiger partial charge on any atom is -0.286 e. The van der Waals surface area contributed by atoms with Crippen molar-refractivity contribution in [3.63, 3.8) is 0 Å². The minimum absolute atomic E-state index is 0.810. The van der Waals surface area contributed by atoms with Gasteiger partial charge in [-0.3, -0.25) is 5.10 Å². The first-order chi connectivity index (χ1) is 6.29. The molecule has 1 aromatic carbocycles. The lowest BCUT2D eigenvalue weighted by Crippen LogP contribution is -1.66. The molecule has 0 bridgehead atoms. The van der Waals surface area contributed by atoms with Gasteiger partial charge in [0.25, 0.3) is 0 Å². The van der Waals surface area contributed by atoms with Gasteiger partial charge in [-0.2, -0.15) is 5.10 Å². The van der Waals surface area contributed by atoms with E-state index in [0.29, 0.717) is 0 Å². The summed E-state index contributed by atoms with van der Waals surface area (Å²) >= 11 is 5.64. The first-order valence-electron chi connectivity index (χ1n) is 3.95. The molecule has 0 aliphatic heterocycles.